The van der Waals surface area contributed by atoms with Crippen LogP contribution in [0.25, 0.3) is 0 Å². The van der Waals surface area contributed by atoms with Crippen LogP contribution in [-0.2, 0) is 16.1 Å². The number of rotatable bonds is 7. The first kappa shape index (κ1) is 22.0. The highest BCUT2D eigenvalue weighted by molar-refractivity contribution is 5.94. The molecule has 0 unspecified atom stereocenters. The molecule has 2 aromatic rings. The Bertz CT molecular complexity index is 847. The Morgan fingerprint density at radius 1 is 1.03 bits per heavy atom. The van der Waals surface area contributed by atoms with Crippen molar-refractivity contribution in [3.05, 3.63) is 65.7 Å². The van der Waals surface area contributed by atoms with Crippen LogP contribution in [0, 0.1) is 6.92 Å². The molecule has 3 rings (SSSR count). The standard InChI is InChI=1S/C24H32N4O2/c1-19-8-7-9-21(16-19)17-27-12-14-28(15-13-27)23(29)18-26(3)20(2)24(30)25-22-10-5-4-6-11-22/h4-11,16,20H,12-15,17-18H2,1-3H3,(H,25,30)/t20-/m1/s1. The average Bonchev–Trinajstić information content (AvgIpc) is 2.74. The van der Waals surface area contributed by atoms with Gasteiger partial charge in [-0.3, -0.25) is 19.4 Å². The number of amides is 2. The number of aryl methyl sites for hydroxylation is 1. The number of benzene rings is 2. The highest BCUT2D eigenvalue weighted by Gasteiger charge is 2.25. The quantitative estimate of drug-likeness (QED) is 0.765. The number of carbonyl (C=O) groups excluding carboxylic acids is 2. The van der Waals surface area contributed by atoms with Gasteiger partial charge in [-0.15, -0.1) is 0 Å². The number of nitrogens with zero attached hydrogens (tertiary/aromatic N) is 3. The Hall–Kier alpha value is -2.70. The Kier molecular flexibility index (Phi) is 7.60. The molecular weight excluding hydrogens is 376 g/mol. The lowest BCUT2D eigenvalue weighted by molar-refractivity contribution is -0.135. The minimum Gasteiger partial charge on any atom is -0.339 e. The molecule has 0 bridgehead atoms. The highest BCUT2D eigenvalue weighted by Crippen LogP contribution is 2.12. The summed E-state index contributed by atoms with van der Waals surface area (Å²) in [7, 11) is 1.82. The molecule has 0 radical (unpaired) electrons. The van der Waals surface area contributed by atoms with Crippen LogP contribution in [0.1, 0.15) is 18.1 Å². The minimum atomic E-state index is -0.392. The van der Waals surface area contributed by atoms with Crippen LogP contribution in [0.4, 0.5) is 5.69 Å². The van der Waals surface area contributed by atoms with Gasteiger partial charge in [0.1, 0.15) is 0 Å². The summed E-state index contributed by atoms with van der Waals surface area (Å²) in [4.78, 5) is 31.3. The number of anilines is 1. The fourth-order valence-electron chi connectivity index (χ4n) is 3.64. The number of nitrogens with one attached hydrogen (secondary N) is 1. The Balaban J connectivity index is 1.43. The topological polar surface area (TPSA) is 55.9 Å². The average molecular weight is 409 g/mol. The SMILES string of the molecule is Cc1cccc(CN2CCN(C(=O)CN(C)[C@H](C)C(=O)Nc3ccccc3)CC2)c1. The molecule has 0 aromatic heterocycles. The van der Waals surface area contributed by atoms with Gasteiger partial charge in [0, 0.05) is 38.4 Å². The van der Waals surface area contributed by atoms with Crippen molar-refractivity contribution in [2.45, 2.75) is 26.4 Å². The molecule has 1 fully saturated rings. The zero-order chi connectivity index (χ0) is 21.5. The van der Waals surface area contributed by atoms with Crippen LogP contribution in [-0.4, -0.2) is 72.3 Å². The monoisotopic (exact) mass is 408 g/mol. The molecule has 30 heavy (non-hydrogen) atoms. The number of hydrogen-bond acceptors (Lipinski definition) is 4. The van der Waals surface area contributed by atoms with E-state index in [0.29, 0.717) is 0 Å². The molecule has 1 saturated heterocycles. The van der Waals surface area contributed by atoms with Crippen LogP contribution in [0.15, 0.2) is 54.6 Å². The Labute approximate surface area is 179 Å². The first-order valence-corrected chi connectivity index (χ1v) is 10.5. The van der Waals surface area contributed by atoms with E-state index in [4.69, 9.17) is 0 Å². The Morgan fingerprint density at radius 2 is 1.73 bits per heavy atom. The molecule has 1 heterocycles. The zero-order valence-corrected chi connectivity index (χ0v) is 18.2. The number of piperazine rings is 1. The first-order chi connectivity index (χ1) is 14.4. The second kappa shape index (κ2) is 10.4. The van der Waals surface area contributed by atoms with Crippen LogP contribution in [0.3, 0.4) is 0 Å². The summed E-state index contributed by atoms with van der Waals surface area (Å²) in [5, 5.41) is 2.90. The van der Waals surface area contributed by atoms with Gasteiger partial charge in [0.15, 0.2) is 0 Å². The molecular formula is C24H32N4O2. The second-order valence-electron chi connectivity index (χ2n) is 8.09. The van der Waals surface area contributed by atoms with E-state index in [1.165, 1.54) is 11.1 Å². The third-order valence-corrected chi connectivity index (χ3v) is 5.68. The summed E-state index contributed by atoms with van der Waals surface area (Å²) in [6.45, 7) is 8.28. The predicted octanol–water partition coefficient (Wildman–Crippen LogP) is 2.60. The van der Waals surface area contributed by atoms with Gasteiger partial charge in [0.25, 0.3) is 0 Å². The molecule has 0 aliphatic carbocycles. The maximum atomic E-state index is 12.7. The summed E-state index contributed by atoms with van der Waals surface area (Å²) in [5.74, 6) is -0.0356. The number of para-hydroxylation sites is 1. The number of likely N-dealkylation sites (N-methyl/N-ethyl adjacent to an activating group) is 1. The van der Waals surface area contributed by atoms with Crippen molar-refractivity contribution in [1.82, 2.24) is 14.7 Å². The molecule has 1 N–H and O–H groups in total. The fourth-order valence-corrected chi connectivity index (χ4v) is 3.64. The molecule has 0 saturated carbocycles. The minimum absolute atomic E-state index is 0.0760. The number of carbonyl (C=O) groups is 2. The van der Waals surface area contributed by atoms with Gasteiger partial charge in [0.2, 0.25) is 11.8 Å². The molecule has 1 atom stereocenters. The van der Waals surface area contributed by atoms with Gasteiger partial charge in [-0.25, -0.2) is 0 Å². The van der Waals surface area contributed by atoms with E-state index in [2.05, 4.69) is 41.4 Å². The van der Waals surface area contributed by atoms with E-state index < -0.39 is 6.04 Å². The third-order valence-electron chi connectivity index (χ3n) is 5.68. The molecule has 0 spiro atoms. The molecule has 2 amide bonds. The lowest BCUT2D eigenvalue weighted by Gasteiger charge is -2.36. The Morgan fingerprint density at radius 3 is 2.40 bits per heavy atom. The van der Waals surface area contributed by atoms with E-state index in [-0.39, 0.29) is 18.4 Å². The third kappa shape index (κ3) is 6.15. The van der Waals surface area contributed by atoms with Crippen LogP contribution in [0.2, 0.25) is 0 Å². The largest absolute Gasteiger partial charge is 0.339 e. The van der Waals surface area contributed by atoms with Gasteiger partial charge < -0.3 is 10.2 Å². The van der Waals surface area contributed by atoms with Crippen molar-refractivity contribution >= 4 is 17.5 Å². The summed E-state index contributed by atoms with van der Waals surface area (Å²) in [5.41, 5.74) is 3.35. The molecule has 1 aliphatic rings. The van der Waals surface area contributed by atoms with E-state index in [9.17, 15) is 9.59 Å². The molecule has 6 nitrogen and oxygen atoms in total. The van der Waals surface area contributed by atoms with E-state index in [0.717, 1.165) is 38.4 Å². The van der Waals surface area contributed by atoms with Crippen molar-refractivity contribution in [1.29, 1.82) is 0 Å². The number of hydrogen-bond donors (Lipinski definition) is 1. The summed E-state index contributed by atoms with van der Waals surface area (Å²) in [6, 6.07) is 17.6. The van der Waals surface area contributed by atoms with E-state index in [1.807, 2.05) is 49.2 Å². The first-order valence-electron chi connectivity index (χ1n) is 10.5. The maximum Gasteiger partial charge on any atom is 0.241 e. The van der Waals surface area contributed by atoms with Gasteiger partial charge in [-0.1, -0.05) is 48.0 Å². The van der Waals surface area contributed by atoms with Crippen molar-refractivity contribution in [3.8, 4) is 0 Å². The van der Waals surface area contributed by atoms with Gasteiger partial charge in [0.05, 0.1) is 12.6 Å². The summed E-state index contributed by atoms with van der Waals surface area (Å²) < 4.78 is 0. The van der Waals surface area contributed by atoms with Gasteiger partial charge in [-0.05, 0) is 38.6 Å². The molecule has 2 aromatic carbocycles. The fraction of sp³-hybridized carbons (Fsp3) is 0.417. The molecule has 6 heteroatoms. The van der Waals surface area contributed by atoms with Crippen LogP contribution >= 0.6 is 0 Å². The highest BCUT2D eigenvalue weighted by atomic mass is 16.2. The van der Waals surface area contributed by atoms with Crippen molar-refractivity contribution in [2.75, 3.05) is 45.1 Å². The predicted molar refractivity (Wildman–Crippen MR) is 120 cm³/mol. The summed E-state index contributed by atoms with van der Waals surface area (Å²) >= 11 is 0. The zero-order valence-electron chi connectivity index (χ0n) is 18.2. The van der Waals surface area contributed by atoms with Crippen molar-refractivity contribution in [2.24, 2.45) is 0 Å². The molecule has 160 valence electrons. The van der Waals surface area contributed by atoms with Crippen LogP contribution < -0.4 is 5.32 Å². The second-order valence-corrected chi connectivity index (χ2v) is 8.09. The lowest BCUT2D eigenvalue weighted by Crippen LogP contribution is -2.52. The van der Waals surface area contributed by atoms with E-state index in [1.54, 1.807) is 4.90 Å². The van der Waals surface area contributed by atoms with Crippen LogP contribution in [0.5, 0.6) is 0 Å². The van der Waals surface area contributed by atoms with Crippen molar-refractivity contribution < 1.29 is 9.59 Å². The maximum absolute atomic E-state index is 12.7. The van der Waals surface area contributed by atoms with Gasteiger partial charge in [-0.2, -0.15) is 0 Å². The summed E-state index contributed by atoms with van der Waals surface area (Å²) in [6.07, 6.45) is 0. The molecule has 1 aliphatic heterocycles. The normalized spacial score (nSPS) is 15.8. The van der Waals surface area contributed by atoms with Crippen molar-refractivity contribution in [3.63, 3.8) is 0 Å². The smallest absolute Gasteiger partial charge is 0.241 e. The van der Waals surface area contributed by atoms with Gasteiger partial charge >= 0.3 is 0 Å². The lowest BCUT2D eigenvalue weighted by atomic mass is 10.1. The van der Waals surface area contributed by atoms with E-state index >= 15 is 0 Å².